The highest BCUT2D eigenvalue weighted by atomic mass is 32.2. The molecule has 0 spiro atoms. The molecular weight excluding hydrogens is 487 g/mol. The molecule has 3 heterocycles. The highest BCUT2D eigenvalue weighted by molar-refractivity contribution is 7.91. The summed E-state index contributed by atoms with van der Waals surface area (Å²) < 4.78 is 43.8. The van der Waals surface area contributed by atoms with Crippen LogP contribution in [0.25, 0.3) is 11.0 Å². The summed E-state index contributed by atoms with van der Waals surface area (Å²) >= 11 is 0. The SMILES string of the molecule is CCc1nc2c(cc1NC(=O)c1ccccc1)c(OCCF)c(C(=O)NC1CCS(=O)(=O)CC1)n2C. The van der Waals surface area contributed by atoms with Gasteiger partial charge >= 0.3 is 0 Å². The molecule has 0 radical (unpaired) electrons. The second-order valence-electron chi connectivity index (χ2n) is 8.70. The normalized spacial score (nSPS) is 15.5. The Balaban J connectivity index is 1.72. The van der Waals surface area contributed by atoms with Gasteiger partial charge in [-0.3, -0.25) is 9.59 Å². The van der Waals surface area contributed by atoms with Crippen LogP contribution in [0.4, 0.5) is 10.1 Å². The highest BCUT2D eigenvalue weighted by Gasteiger charge is 2.29. The summed E-state index contributed by atoms with van der Waals surface area (Å²) in [6, 6.07) is 10.1. The number of hydrogen-bond donors (Lipinski definition) is 2. The van der Waals surface area contributed by atoms with E-state index in [4.69, 9.17) is 9.72 Å². The van der Waals surface area contributed by atoms with Crippen LogP contribution < -0.4 is 15.4 Å². The van der Waals surface area contributed by atoms with E-state index < -0.39 is 22.4 Å². The average molecular weight is 517 g/mol. The molecular formula is C25H29FN4O5S. The quantitative estimate of drug-likeness (QED) is 0.475. The number of pyridine rings is 1. The van der Waals surface area contributed by atoms with Crippen LogP contribution in [-0.4, -0.2) is 60.6 Å². The van der Waals surface area contributed by atoms with Crippen LogP contribution in [0.5, 0.6) is 5.75 Å². The van der Waals surface area contributed by atoms with Crippen molar-refractivity contribution in [3.8, 4) is 5.75 Å². The molecule has 0 saturated carbocycles. The maximum Gasteiger partial charge on any atom is 0.272 e. The van der Waals surface area contributed by atoms with Crippen LogP contribution in [0, 0.1) is 0 Å². The number of benzene rings is 1. The zero-order valence-electron chi connectivity index (χ0n) is 20.2. The molecule has 1 fully saturated rings. The number of aryl methyl sites for hydroxylation is 2. The summed E-state index contributed by atoms with van der Waals surface area (Å²) in [6.07, 6.45) is 1.17. The number of amides is 2. The summed E-state index contributed by atoms with van der Waals surface area (Å²) in [5.74, 6) is -0.564. The number of hydrogen-bond acceptors (Lipinski definition) is 6. The van der Waals surface area contributed by atoms with E-state index >= 15 is 0 Å². The Bertz CT molecular complexity index is 1370. The second kappa shape index (κ2) is 10.7. The van der Waals surface area contributed by atoms with Crippen molar-refractivity contribution >= 4 is 38.4 Å². The van der Waals surface area contributed by atoms with Crippen molar-refractivity contribution < 1.29 is 27.1 Å². The van der Waals surface area contributed by atoms with E-state index in [-0.39, 0.29) is 41.5 Å². The van der Waals surface area contributed by atoms with E-state index in [1.807, 2.05) is 13.0 Å². The van der Waals surface area contributed by atoms with Gasteiger partial charge in [0, 0.05) is 18.7 Å². The number of nitrogens with one attached hydrogen (secondary N) is 2. The van der Waals surface area contributed by atoms with E-state index in [0.717, 1.165) is 0 Å². The number of nitrogens with zero attached hydrogens (tertiary/aromatic N) is 2. The molecule has 1 aromatic carbocycles. The molecule has 192 valence electrons. The standard InChI is InChI=1S/C25H29FN4O5S/c1-3-19-20(29-24(31)16-7-5-4-6-8-16)15-18-22(35-12-11-26)21(30(2)23(18)28-19)25(32)27-17-9-13-36(33,34)14-10-17/h4-8,15,17H,3,9-14H2,1-2H3,(H,27,32)(H,29,31). The molecule has 1 saturated heterocycles. The van der Waals surface area contributed by atoms with Crippen molar-refractivity contribution in [1.29, 1.82) is 0 Å². The molecule has 1 aliphatic heterocycles. The fourth-order valence-electron chi connectivity index (χ4n) is 4.34. The number of ether oxygens (including phenoxy) is 1. The molecule has 1 aliphatic rings. The van der Waals surface area contributed by atoms with Crippen LogP contribution in [-0.2, 0) is 23.3 Å². The average Bonchev–Trinajstić information content (AvgIpc) is 3.14. The minimum absolute atomic E-state index is 0.0180. The van der Waals surface area contributed by atoms with Crippen molar-refractivity contribution in [3.63, 3.8) is 0 Å². The van der Waals surface area contributed by atoms with Crippen molar-refractivity contribution in [2.75, 3.05) is 30.1 Å². The number of anilines is 1. The molecule has 3 aromatic rings. The third kappa shape index (κ3) is 5.35. The lowest BCUT2D eigenvalue weighted by Gasteiger charge is -2.23. The molecule has 0 bridgehead atoms. The molecule has 0 aliphatic carbocycles. The Morgan fingerprint density at radius 1 is 1.17 bits per heavy atom. The Labute approximate surface area is 209 Å². The largest absolute Gasteiger partial charge is 0.488 e. The van der Waals surface area contributed by atoms with Crippen LogP contribution in [0.1, 0.15) is 46.3 Å². The molecule has 9 nitrogen and oxygen atoms in total. The molecule has 2 amide bonds. The van der Waals surface area contributed by atoms with E-state index in [1.54, 1.807) is 41.9 Å². The number of rotatable bonds is 8. The zero-order chi connectivity index (χ0) is 25.9. The van der Waals surface area contributed by atoms with Gasteiger partial charge in [0.25, 0.3) is 11.8 Å². The van der Waals surface area contributed by atoms with Crippen LogP contribution in [0.2, 0.25) is 0 Å². The van der Waals surface area contributed by atoms with Crippen molar-refractivity contribution in [2.45, 2.75) is 32.2 Å². The fourth-order valence-corrected chi connectivity index (χ4v) is 5.83. The highest BCUT2D eigenvalue weighted by Crippen LogP contribution is 2.35. The summed E-state index contributed by atoms with van der Waals surface area (Å²) in [5.41, 5.74) is 2.19. The number of alkyl halides is 1. The first-order valence-electron chi connectivity index (χ1n) is 11.8. The van der Waals surface area contributed by atoms with Crippen LogP contribution >= 0.6 is 0 Å². The van der Waals surface area contributed by atoms with Gasteiger partial charge in [-0.1, -0.05) is 25.1 Å². The van der Waals surface area contributed by atoms with Crippen molar-refractivity contribution in [2.24, 2.45) is 7.05 Å². The van der Waals surface area contributed by atoms with E-state index in [1.165, 1.54) is 0 Å². The second-order valence-corrected chi connectivity index (χ2v) is 11.0. The molecule has 0 atom stereocenters. The van der Waals surface area contributed by atoms with Gasteiger partial charge < -0.3 is 19.9 Å². The first kappa shape index (κ1) is 25.6. The Kier molecular flexibility index (Phi) is 7.58. The first-order chi connectivity index (χ1) is 17.2. The third-order valence-electron chi connectivity index (χ3n) is 6.24. The van der Waals surface area contributed by atoms with Crippen LogP contribution in [0.3, 0.4) is 0 Å². The van der Waals surface area contributed by atoms with Gasteiger partial charge in [0.2, 0.25) is 0 Å². The number of aromatic nitrogens is 2. The summed E-state index contributed by atoms with van der Waals surface area (Å²) in [5, 5.41) is 6.24. The predicted molar refractivity (Wildman–Crippen MR) is 135 cm³/mol. The number of carbonyl (C=O) groups is 2. The molecule has 4 rings (SSSR count). The molecule has 36 heavy (non-hydrogen) atoms. The third-order valence-corrected chi connectivity index (χ3v) is 7.96. The Morgan fingerprint density at radius 3 is 2.50 bits per heavy atom. The number of sulfone groups is 1. The minimum Gasteiger partial charge on any atom is -0.488 e. The summed E-state index contributed by atoms with van der Waals surface area (Å²) in [7, 11) is -1.41. The van der Waals surface area contributed by atoms with Gasteiger partial charge in [-0.25, -0.2) is 17.8 Å². The lowest BCUT2D eigenvalue weighted by Crippen LogP contribution is -2.41. The number of fused-ring (bicyclic) bond motifs is 1. The minimum atomic E-state index is -3.07. The van der Waals surface area contributed by atoms with Gasteiger partial charge in [0.1, 0.15) is 28.8 Å². The Morgan fingerprint density at radius 2 is 1.86 bits per heavy atom. The smallest absolute Gasteiger partial charge is 0.272 e. The van der Waals surface area contributed by atoms with Crippen molar-refractivity contribution in [1.82, 2.24) is 14.9 Å². The molecule has 2 aromatic heterocycles. The van der Waals surface area contributed by atoms with E-state index in [9.17, 15) is 22.4 Å². The van der Waals surface area contributed by atoms with Gasteiger partial charge in [0.05, 0.1) is 28.3 Å². The summed E-state index contributed by atoms with van der Waals surface area (Å²) in [6.45, 7) is 0.888. The Hall–Kier alpha value is -3.47. The first-order valence-corrected chi connectivity index (χ1v) is 13.6. The fraction of sp³-hybridized carbons (Fsp3) is 0.400. The van der Waals surface area contributed by atoms with Gasteiger partial charge in [0.15, 0.2) is 11.4 Å². The van der Waals surface area contributed by atoms with Gasteiger partial charge in [-0.05, 0) is 37.5 Å². The van der Waals surface area contributed by atoms with Crippen molar-refractivity contribution in [3.05, 3.63) is 53.3 Å². The molecule has 2 N–H and O–H groups in total. The maximum atomic E-state index is 13.3. The number of carbonyl (C=O) groups excluding carboxylic acids is 2. The maximum absolute atomic E-state index is 13.3. The lowest BCUT2D eigenvalue weighted by atomic mass is 10.1. The van der Waals surface area contributed by atoms with Crippen LogP contribution in [0.15, 0.2) is 36.4 Å². The van der Waals surface area contributed by atoms with E-state index in [2.05, 4.69) is 10.6 Å². The summed E-state index contributed by atoms with van der Waals surface area (Å²) in [4.78, 5) is 30.8. The zero-order valence-corrected chi connectivity index (χ0v) is 21.0. The lowest BCUT2D eigenvalue weighted by molar-refractivity contribution is 0.0921. The monoisotopic (exact) mass is 516 g/mol. The predicted octanol–water partition coefficient (Wildman–Crippen LogP) is 3.04. The molecule has 11 heteroatoms. The van der Waals surface area contributed by atoms with Gasteiger partial charge in [-0.2, -0.15) is 0 Å². The number of halogens is 1. The topological polar surface area (TPSA) is 119 Å². The molecule has 0 unspecified atom stereocenters. The van der Waals surface area contributed by atoms with Gasteiger partial charge in [-0.15, -0.1) is 0 Å². The van der Waals surface area contributed by atoms with E-state index in [0.29, 0.717) is 47.2 Å².